The fourth-order valence-electron chi connectivity index (χ4n) is 4.91. The van der Waals surface area contributed by atoms with Crippen molar-refractivity contribution in [2.75, 3.05) is 26.2 Å². The van der Waals surface area contributed by atoms with Gasteiger partial charge in [0.1, 0.15) is 5.75 Å². The monoisotopic (exact) mass is 384 g/mol. The molecule has 0 saturated carbocycles. The van der Waals surface area contributed by atoms with Crippen LogP contribution in [-0.4, -0.2) is 47.1 Å². The molecule has 3 nitrogen and oxygen atoms in total. The van der Waals surface area contributed by atoms with Crippen molar-refractivity contribution >= 4 is 11.6 Å². The summed E-state index contributed by atoms with van der Waals surface area (Å²) in [4.78, 5) is 5.21. The first-order chi connectivity index (χ1) is 13.0. The minimum Gasteiger partial charge on any atom is -0.508 e. The van der Waals surface area contributed by atoms with E-state index in [9.17, 15) is 5.11 Å². The lowest BCUT2D eigenvalue weighted by atomic mass is 9.65. The second kappa shape index (κ2) is 7.46. The summed E-state index contributed by atoms with van der Waals surface area (Å²) >= 11 is 6.38. The molecule has 2 aromatic rings. The lowest BCUT2D eigenvalue weighted by Gasteiger charge is -2.53. The quantitative estimate of drug-likeness (QED) is 0.842. The Kier molecular flexibility index (Phi) is 5.19. The molecule has 2 aliphatic heterocycles. The van der Waals surface area contributed by atoms with Crippen molar-refractivity contribution in [3.05, 3.63) is 64.7 Å². The average molecular weight is 385 g/mol. The molecule has 4 heteroatoms. The summed E-state index contributed by atoms with van der Waals surface area (Å²) in [5.74, 6) is 0.929. The highest BCUT2D eigenvalue weighted by atomic mass is 35.5. The molecule has 0 aliphatic carbocycles. The number of piperidine rings is 1. The standard InChI is InChI=1S/C23H29ClN2O/c1-17-14-26-11-10-25(15-18-6-3-4-9-22(18)24)16-20(26)13-23(17,2)19-7-5-8-21(27)12-19/h3-9,12,17,20,27H,10-11,13-16H2,1-2H3. The van der Waals surface area contributed by atoms with Crippen LogP contribution in [0.3, 0.4) is 0 Å². The number of hydrogen-bond donors (Lipinski definition) is 1. The number of phenolic OH excluding ortho intramolecular Hbond substituents is 1. The van der Waals surface area contributed by atoms with E-state index in [1.165, 1.54) is 11.1 Å². The number of phenols is 1. The number of halogens is 1. The molecule has 0 amide bonds. The third-order valence-electron chi connectivity index (χ3n) is 6.80. The number of hydrogen-bond acceptors (Lipinski definition) is 3. The summed E-state index contributed by atoms with van der Waals surface area (Å²) in [5, 5.41) is 10.8. The molecule has 4 rings (SSSR count). The maximum Gasteiger partial charge on any atom is 0.115 e. The first-order valence-electron chi connectivity index (χ1n) is 9.95. The van der Waals surface area contributed by atoms with Gasteiger partial charge in [0.25, 0.3) is 0 Å². The Morgan fingerprint density at radius 2 is 1.93 bits per heavy atom. The molecule has 3 atom stereocenters. The number of piperazine rings is 1. The molecule has 0 bridgehead atoms. The van der Waals surface area contributed by atoms with E-state index >= 15 is 0 Å². The van der Waals surface area contributed by atoms with Gasteiger partial charge in [0.05, 0.1) is 0 Å². The van der Waals surface area contributed by atoms with Gasteiger partial charge in [0, 0.05) is 43.8 Å². The maximum atomic E-state index is 9.98. The van der Waals surface area contributed by atoms with E-state index in [0.717, 1.165) is 44.2 Å². The lowest BCUT2D eigenvalue weighted by Crippen LogP contribution is -2.60. The average Bonchev–Trinajstić information content (AvgIpc) is 2.65. The lowest BCUT2D eigenvalue weighted by molar-refractivity contribution is -0.00557. The second-order valence-electron chi connectivity index (χ2n) is 8.55. The largest absolute Gasteiger partial charge is 0.508 e. The van der Waals surface area contributed by atoms with Crippen LogP contribution >= 0.6 is 11.6 Å². The van der Waals surface area contributed by atoms with E-state index in [0.29, 0.717) is 17.7 Å². The van der Waals surface area contributed by atoms with Gasteiger partial charge < -0.3 is 5.11 Å². The first-order valence-corrected chi connectivity index (χ1v) is 10.3. The highest BCUT2D eigenvalue weighted by Crippen LogP contribution is 2.43. The third kappa shape index (κ3) is 3.73. The van der Waals surface area contributed by atoms with Crippen LogP contribution in [0.25, 0.3) is 0 Å². The Morgan fingerprint density at radius 1 is 1.11 bits per heavy atom. The first kappa shape index (κ1) is 18.8. The zero-order chi connectivity index (χ0) is 19.0. The zero-order valence-electron chi connectivity index (χ0n) is 16.2. The van der Waals surface area contributed by atoms with Crippen molar-refractivity contribution in [2.45, 2.75) is 38.3 Å². The molecule has 144 valence electrons. The Hall–Kier alpha value is -1.55. The third-order valence-corrected chi connectivity index (χ3v) is 7.17. The van der Waals surface area contributed by atoms with Gasteiger partial charge >= 0.3 is 0 Å². The molecule has 2 aromatic carbocycles. The summed E-state index contributed by atoms with van der Waals surface area (Å²) in [5.41, 5.74) is 2.57. The Balaban J connectivity index is 1.51. The fourth-order valence-corrected chi connectivity index (χ4v) is 5.11. The van der Waals surface area contributed by atoms with E-state index < -0.39 is 0 Å². The van der Waals surface area contributed by atoms with E-state index in [1.807, 2.05) is 24.3 Å². The Labute approximate surface area is 167 Å². The number of rotatable bonds is 3. The van der Waals surface area contributed by atoms with Crippen LogP contribution in [0.15, 0.2) is 48.5 Å². The van der Waals surface area contributed by atoms with E-state index in [4.69, 9.17) is 11.6 Å². The molecule has 0 spiro atoms. The van der Waals surface area contributed by atoms with Gasteiger partial charge in [0.2, 0.25) is 0 Å². The molecular weight excluding hydrogens is 356 g/mol. The molecule has 0 radical (unpaired) electrons. The summed E-state index contributed by atoms with van der Waals surface area (Å²) < 4.78 is 0. The van der Waals surface area contributed by atoms with Crippen LogP contribution in [0.2, 0.25) is 5.02 Å². The fraction of sp³-hybridized carbons (Fsp3) is 0.478. The molecule has 27 heavy (non-hydrogen) atoms. The summed E-state index contributed by atoms with van der Waals surface area (Å²) in [6.07, 6.45) is 1.12. The minimum atomic E-state index is 0.0906. The SMILES string of the molecule is CC1CN2CCN(Cc3ccccc3Cl)CC2CC1(C)c1cccc(O)c1. The van der Waals surface area contributed by atoms with Crippen molar-refractivity contribution in [3.8, 4) is 5.75 Å². The maximum absolute atomic E-state index is 9.98. The topological polar surface area (TPSA) is 26.7 Å². The van der Waals surface area contributed by atoms with Crippen LogP contribution in [-0.2, 0) is 12.0 Å². The van der Waals surface area contributed by atoms with Gasteiger partial charge in [-0.15, -0.1) is 0 Å². The number of nitrogens with zero attached hydrogens (tertiary/aromatic N) is 2. The van der Waals surface area contributed by atoms with E-state index in [-0.39, 0.29) is 5.41 Å². The van der Waals surface area contributed by atoms with Crippen molar-refractivity contribution in [1.29, 1.82) is 0 Å². The van der Waals surface area contributed by atoms with Gasteiger partial charge in [0.15, 0.2) is 0 Å². The zero-order valence-corrected chi connectivity index (χ0v) is 17.0. The number of aromatic hydroxyl groups is 1. The molecule has 1 N–H and O–H groups in total. The Morgan fingerprint density at radius 3 is 2.70 bits per heavy atom. The minimum absolute atomic E-state index is 0.0906. The van der Waals surface area contributed by atoms with Gasteiger partial charge in [-0.2, -0.15) is 0 Å². The molecule has 2 fully saturated rings. The smallest absolute Gasteiger partial charge is 0.115 e. The highest BCUT2D eigenvalue weighted by Gasteiger charge is 2.44. The predicted molar refractivity (Wildman–Crippen MR) is 111 cm³/mol. The van der Waals surface area contributed by atoms with Gasteiger partial charge in [-0.3, -0.25) is 9.80 Å². The molecule has 2 aliphatic rings. The van der Waals surface area contributed by atoms with Crippen molar-refractivity contribution in [2.24, 2.45) is 5.92 Å². The van der Waals surface area contributed by atoms with Crippen molar-refractivity contribution in [3.63, 3.8) is 0 Å². The summed E-state index contributed by atoms with van der Waals surface area (Å²) in [6.45, 7) is 10.1. The molecule has 0 aromatic heterocycles. The second-order valence-corrected chi connectivity index (χ2v) is 8.96. The van der Waals surface area contributed by atoms with Crippen molar-refractivity contribution in [1.82, 2.24) is 9.80 Å². The van der Waals surface area contributed by atoms with Crippen LogP contribution in [0, 0.1) is 5.92 Å². The summed E-state index contributed by atoms with van der Waals surface area (Å²) in [7, 11) is 0. The summed E-state index contributed by atoms with van der Waals surface area (Å²) in [6, 6.07) is 16.6. The van der Waals surface area contributed by atoms with Crippen LogP contribution in [0.4, 0.5) is 0 Å². The molecular formula is C23H29ClN2O. The predicted octanol–water partition coefficient (Wildman–Crippen LogP) is 4.53. The van der Waals surface area contributed by atoms with E-state index in [2.05, 4.69) is 41.8 Å². The van der Waals surface area contributed by atoms with Crippen LogP contribution in [0.1, 0.15) is 31.4 Å². The molecule has 2 heterocycles. The highest BCUT2D eigenvalue weighted by molar-refractivity contribution is 6.31. The Bertz CT molecular complexity index is 810. The molecule has 2 saturated heterocycles. The van der Waals surface area contributed by atoms with Gasteiger partial charge in [-0.1, -0.05) is 55.8 Å². The van der Waals surface area contributed by atoms with E-state index in [1.54, 1.807) is 6.07 Å². The number of benzene rings is 2. The van der Waals surface area contributed by atoms with Gasteiger partial charge in [-0.25, -0.2) is 0 Å². The number of fused-ring (bicyclic) bond motifs is 1. The van der Waals surface area contributed by atoms with Crippen molar-refractivity contribution < 1.29 is 5.11 Å². The normalized spacial score (nSPS) is 29.4. The molecule has 3 unspecified atom stereocenters. The van der Waals surface area contributed by atoms with Crippen LogP contribution in [0.5, 0.6) is 5.75 Å². The van der Waals surface area contributed by atoms with Gasteiger partial charge in [-0.05, 0) is 47.1 Å². The van der Waals surface area contributed by atoms with Crippen LogP contribution < -0.4 is 0 Å².